The van der Waals surface area contributed by atoms with Crippen LogP contribution in [0.2, 0.25) is 0 Å². The highest BCUT2D eigenvalue weighted by Crippen LogP contribution is 2.32. The summed E-state index contributed by atoms with van der Waals surface area (Å²) in [6.07, 6.45) is 4.36. The normalized spacial score (nSPS) is 18.3. The molecule has 0 aromatic heterocycles. The number of nitrogens with zero attached hydrogens (tertiary/aromatic N) is 1. The summed E-state index contributed by atoms with van der Waals surface area (Å²) in [5.74, 6) is -0.587. The minimum absolute atomic E-state index is 0.0227. The highest BCUT2D eigenvalue weighted by atomic mass is 16.5. The van der Waals surface area contributed by atoms with Gasteiger partial charge in [0.2, 0.25) is 0 Å². The smallest absolute Gasteiger partial charge is 0.344 e. The number of urea groups is 1. The van der Waals surface area contributed by atoms with Gasteiger partial charge in [0.1, 0.15) is 11.3 Å². The van der Waals surface area contributed by atoms with Crippen molar-refractivity contribution in [3.05, 3.63) is 29.8 Å². The fourth-order valence-corrected chi connectivity index (χ4v) is 3.46. The number of amides is 4. The minimum atomic E-state index is -0.884. The van der Waals surface area contributed by atoms with Crippen LogP contribution >= 0.6 is 0 Å². The van der Waals surface area contributed by atoms with Crippen LogP contribution in [0.25, 0.3) is 0 Å². The number of ketones is 1. The Kier molecular flexibility index (Phi) is 5.43. The summed E-state index contributed by atoms with van der Waals surface area (Å²) in [6, 6.07) is 5.84. The van der Waals surface area contributed by atoms with Crippen molar-refractivity contribution in [2.24, 2.45) is 0 Å². The number of benzene rings is 1. The number of hydrogen-bond donors (Lipinski definition) is 2. The molecule has 2 N–H and O–H groups in total. The van der Waals surface area contributed by atoms with E-state index < -0.39 is 23.4 Å². The fraction of sp³-hybridized carbons (Fsp3) is 0.474. The van der Waals surface area contributed by atoms with Crippen molar-refractivity contribution in [1.82, 2.24) is 15.8 Å². The van der Waals surface area contributed by atoms with Gasteiger partial charge in [-0.1, -0.05) is 26.2 Å². The number of imide groups is 1. The van der Waals surface area contributed by atoms with E-state index in [4.69, 9.17) is 4.74 Å². The second-order valence-electron chi connectivity index (χ2n) is 6.84. The van der Waals surface area contributed by atoms with Crippen LogP contribution in [0.4, 0.5) is 4.79 Å². The maximum Gasteiger partial charge on any atom is 0.344 e. The van der Waals surface area contributed by atoms with Crippen LogP contribution in [-0.4, -0.2) is 40.8 Å². The van der Waals surface area contributed by atoms with Gasteiger partial charge in [0.05, 0.1) is 0 Å². The first-order chi connectivity index (χ1) is 12.9. The topological polar surface area (TPSA) is 105 Å². The van der Waals surface area contributed by atoms with Crippen LogP contribution < -0.4 is 15.5 Å². The first-order valence-electron chi connectivity index (χ1n) is 9.17. The SMILES string of the molecule is CCC(=O)c1ccc(OCC(=O)NN2C(=O)NC3(CCCCC3)C2=O)cc1. The van der Waals surface area contributed by atoms with E-state index in [1.165, 1.54) is 0 Å². The third kappa shape index (κ3) is 3.94. The molecule has 0 bridgehead atoms. The summed E-state index contributed by atoms with van der Waals surface area (Å²) < 4.78 is 5.36. The molecule has 1 aliphatic carbocycles. The summed E-state index contributed by atoms with van der Waals surface area (Å²) in [4.78, 5) is 48.4. The van der Waals surface area contributed by atoms with Crippen molar-refractivity contribution in [3.63, 3.8) is 0 Å². The molecule has 0 atom stereocenters. The van der Waals surface area contributed by atoms with E-state index >= 15 is 0 Å². The van der Waals surface area contributed by atoms with E-state index in [9.17, 15) is 19.2 Å². The average Bonchev–Trinajstić information content (AvgIpc) is 2.90. The average molecular weight is 373 g/mol. The van der Waals surface area contributed by atoms with Gasteiger partial charge in [-0.05, 0) is 37.1 Å². The van der Waals surface area contributed by atoms with Gasteiger partial charge >= 0.3 is 6.03 Å². The zero-order valence-electron chi connectivity index (χ0n) is 15.2. The minimum Gasteiger partial charge on any atom is -0.484 e. The van der Waals surface area contributed by atoms with Crippen LogP contribution in [-0.2, 0) is 9.59 Å². The molecular formula is C19H23N3O5. The lowest BCUT2D eigenvalue weighted by Gasteiger charge is -2.30. The van der Waals surface area contributed by atoms with Crippen molar-refractivity contribution in [2.45, 2.75) is 51.0 Å². The largest absolute Gasteiger partial charge is 0.484 e. The second kappa shape index (κ2) is 7.77. The van der Waals surface area contributed by atoms with Crippen molar-refractivity contribution in [3.8, 4) is 5.75 Å². The van der Waals surface area contributed by atoms with Crippen molar-refractivity contribution in [1.29, 1.82) is 0 Å². The third-order valence-corrected chi connectivity index (χ3v) is 4.97. The van der Waals surface area contributed by atoms with Gasteiger partial charge in [0.15, 0.2) is 12.4 Å². The van der Waals surface area contributed by atoms with Crippen LogP contribution in [0.1, 0.15) is 55.8 Å². The second-order valence-corrected chi connectivity index (χ2v) is 6.84. The predicted octanol–water partition coefficient (Wildman–Crippen LogP) is 1.94. The molecule has 1 saturated heterocycles. The Labute approximate surface area is 157 Å². The van der Waals surface area contributed by atoms with Gasteiger partial charge in [-0.25, -0.2) is 4.79 Å². The number of carbonyl (C=O) groups is 4. The quantitative estimate of drug-likeness (QED) is 0.586. The Morgan fingerprint density at radius 3 is 2.44 bits per heavy atom. The Balaban J connectivity index is 1.54. The van der Waals surface area contributed by atoms with Gasteiger partial charge < -0.3 is 10.1 Å². The number of hydrazine groups is 1. The molecule has 1 aromatic carbocycles. The molecule has 1 heterocycles. The van der Waals surface area contributed by atoms with Crippen LogP contribution in [0.3, 0.4) is 0 Å². The van der Waals surface area contributed by atoms with E-state index in [1.54, 1.807) is 31.2 Å². The molecule has 8 nitrogen and oxygen atoms in total. The molecule has 8 heteroatoms. The van der Waals surface area contributed by atoms with E-state index in [1.807, 2.05) is 0 Å². The highest BCUT2D eigenvalue weighted by Gasteiger charge is 2.52. The van der Waals surface area contributed by atoms with Crippen LogP contribution in [0, 0.1) is 0 Å². The van der Waals surface area contributed by atoms with Gasteiger partial charge in [0.25, 0.3) is 11.8 Å². The molecular weight excluding hydrogens is 350 g/mol. The number of hydrogen-bond acceptors (Lipinski definition) is 5. The van der Waals surface area contributed by atoms with E-state index in [0.29, 0.717) is 30.6 Å². The van der Waals surface area contributed by atoms with Gasteiger partial charge in [0, 0.05) is 12.0 Å². The zero-order chi connectivity index (χ0) is 19.4. The Morgan fingerprint density at radius 2 is 1.81 bits per heavy atom. The number of Topliss-reactive ketones (excluding diaryl/α,β-unsaturated/α-hetero) is 1. The lowest BCUT2D eigenvalue weighted by Crippen LogP contribution is -2.51. The summed E-state index contributed by atoms with van der Waals surface area (Å²) in [6.45, 7) is 1.43. The van der Waals surface area contributed by atoms with Gasteiger partial charge in [-0.3, -0.25) is 19.8 Å². The number of carbonyl (C=O) groups excluding carboxylic acids is 4. The summed E-state index contributed by atoms with van der Waals surface area (Å²) in [5.41, 5.74) is 2.00. The molecule has 4 amide bonds. The molecule has 0 radical (unpaired) electrons. The molecule has 1 saturated carbocycles. The molecule has 2 fully saturated rings. The number of rotatable bonds is 6. The molecule has 27 heavy (non-hydrogen) atoms. The van der Waals surface area contributed by atoms with Crippen LogP contribution in [0.15, 0.2) is 24.3 Å². The molecule has 1 spiro atoms. The van der Waals surface area contributed by atoms with Crippen molar-refractivity contribution in [2.75, 3.05) is 6.61 Å². The summed E-state index contributed by atoms with van der Waals surface area (Å²) in [7, 11) is 0. The standard InChI is InChI=1S/C19H23N3O5/c1-2-15(23)13-6-8-14(9-7-13)27-12-16(24)21-22-17(25)19(20-18(22)26)10-4-3-5-11-19/h6-9H,2-5,10-12H2,1H3,(H,20,26)(H,21,24). The Hall–Kier alpha value is -2.90. The molecule has 1 aromatic rings. The molecule has 3 rings (SSSR count). The van der Waals surface area contributed by atoms with Gasteiger partial charge in [-0.15, -0.1) is 0 Å². The monoisotopic (exact) mass is 373 g/mol. The van der Waals surface area contributed by atoms with E-state index in [0.717, 1.165) is 24.3 Å². The maximum atomic E-state index is 12.6. The van der Waals surface area contributed by atoms with E-state index in [-0.39, 0.29) is 12.4 Å². The predicted molar refractivity (Wildman–Crippen MR) is 95.9 cm³/mol. The Bertz CT molecular complexity index is 753. The van der Waals surface area contributed by atoms with E-state index in [2.05, 4.69) is 10.7 Å². The zero-order valence-corrected chi connectivity index (χ0v) is 15.2. The first kappa shape index (κ1) is 18.9. The summed E-state index contributed by atoms with van der Waals surface area (Å²) >= 11 is 0. The maximum absolute atomic E-state index is 12.6. The number of ether oxygens (including phenoxy) is 1. The first-order valence-corrected chi connectivity index (χ1v) is 9.17. The van der Waals surface area contributed by atoms with Crippen molar-refractivity contribution >= 4 is 23.6 Å². The molecule has 2 aliphatic rings. The Morgan fingerprint density at radius 1 is 1.15 bits per heavy atom. The molecule has 144 valence electrons. The number of nitrogens with one attached hydrogen (secondary N) is 2. The van der Waals surface area contributed by atoms with Crippen molar-refractivity contribution < 1.29 is 23.9 Å². The fourth-order valence-electron chi connectivity index (χ4n) is 3.46. The third-order valence-electron chi connectivity index (χ3n) is 4.97. The highest BCUT2D eigenvalue weighted by molar-refractivity contribution is 6.08. The van der Waals surface area contributed by atoms with Gasteiger partial charge in [-0.2, -0.15) is 5.01 Å². The molecule has 1 aliphatic heterocycles. The summed E-state index contributed by atoms with van der Waals surface area (Å²) in [5, 5.41) is 3.47. The lowest BCUT2D eigenvalue weighted by atomic mass is 9.82. The van der Waals surface area contributed by atoms with Crippen LogP contribution in [0.5, 0.6) is 5.75 Å². The lowest BCUT2D eigenvalue weighted by molar-refractivity contribution is -0.140. The molecule has 0 unspecified atom stereocenters.